The van der Waals surface area contributed by atoms with Crippen molar-refractivity contribution in [2.45, 2.75) is 47.3 Å². The monoisotopic (exact) mass is 236 g/mol. The first kappa shape index (κ1) is 14.2. The van der Waals surface area contributed by atoms with Gasteiger partial charge in [0.1, 0.15) is 0 Å². The lowest BCUT2D eigenvalue weighted by atomic mass is 9.97. The van der Waals surface area contributed by atoms with Gasteiger partial charge in [-0.15, -0.1) is 0 Å². The predicted octanol–water partition coefficient (Wildman–Crippen LogP) is 3.55. The van der Waals surface area contributed by atoms with E-state index < -0.39 is 0 Å². The molecule has 0 saturated carbocycles. The van der Waals surface area contributed by atoms with Crippen LogP contribution < -0.4 is 0 Å². The molecule has 2 heteroatoms. The van der Waals surface area contributed by atoms with Gasteiger partial charge in [-0.3, -0.25) is 0 Å². The van der Waals surface area contributed by atoms with Crippen LogP contribution in [0.25, 0.3) is 0 Å². The summed E-state index contributed by atoms with van der Waals surface area (Å²) >= 11 is 0. The molecule has 0 spiro atoms. The van der Waals surface area contributed by atoms with Gasteiger partial charge in [-0.25, -0.2) is 0 Å². The number of rotatable bonds is 6. The Balaban J connectivity index is 2.84. The van der Waals surface area contributed by atoms with Gasteiger partial charge in [0.15, 0.2) is 6.29 Å². The highest BCUT2D eigenvalue weighted by Gasteiger charge is 2.13. The number of hydrogen-bond acceptors (Lipinski definition) is 2. The van der Waals surface area contributed by atoms with E-state index in [0.29, 0.717) is 13.2 Å². The van der Waals surface area contributed by atoms with E-state index in [-0.39, 0.29) is 6.29 Å². The van der Waals surface area contributed by atoms with Gasteiger partial charge in [-0.05, 0) is 51.3 Å². The average molecular weight is 236 g/mol. The fourth-order valence-electron chi connectivity index (χ4n) is 2.24. The molecule has 0 amide bonds. The molecule has 0 unspecified atom stereocenters. The van der Waals surface area contributed by atoms with E-state index in [1.54, 1.807) is 0 Å². The van der Waals surface area contributed by atoms with E-state index in [2.05, 4.69) is 32.9 Å². The normalized spacial score (nSPS) is 11.2. The number of hydrogen-bond donors (Lipinski definition) is 0. The number of benzene rings is 1. The Labute approximate surface area is 105 Å². The highest BCUT2D eigenvalue weighted by molar-refractivity contribution is 5.37. The van der Waals surface area contributed by atoms with Crippen LogP contribution in [0.15, 0.2) is 12.1 Å². The summed E-state index contributed by atoms with van der Waals surface area (Å²) in [6, 6.07) is 4.44. The van der Waals surface area contributed by atoms with Crippen LogP contribution in [0.3, 0.4) is 0 Å². The van der Waals surface area contributed by atoms with Crippen LogP contribution in [0.5, 0.6) is 0 Å². The summed E-state index contributed by atoms with van der Waals surface area (Å²) in [6.07, 6.45) is 0.713. The molecule has 0 aliphatic heterocycles. The van der Waals surface area contributed by atoms with Gasteiger partial charge in [-0.2, -0.15) is 0 Å². The highest BCUT2D eigenvalue weighted by Crippen LogP contribution is 2.19. The zero-order valence-electron chi connectivity index (χ0n) is 11.7. The Morgan fingerprint density at radius 3 is 1.82 bits per heavy atom. The van der Waals surface area contributed by atoms with Crippen molar-refractivity contribution in [1.82, 2.24) is 0 Å². The van der Waals surface area contributed by atoms with Crippen LogP contribution in [0.4, 0.5) is 0 Å². The van der Waals surface area contributed by atoms with Crippen molar-refractivity contribution in [3.05, 3.63) is 34.4 Å². The number of ether oxygens (including phenoxy) is 2. The van der Waals surface area contributed by atoms with Gasteiger partial charge in [0.05, 0.1) is 0 Å². The summed E-state index contributed by atoms with van der Waals surface area (Å²) in [4.78, 5) is 0. The fourth-order valence-corrected chi connectivity index (χ4v) is 2.24. The van der Waals surface area contributed by atoms with Crippen LogP contribution in [0, 0.1) is 20.8 Å². The minimum Gasteiger partial charge on any atom is -0.353 e. The summed E-state index contributed by atoms with van der Waals surface area (Å²) in [5, 5.41) is 0. The molecule has 0 atom stereocenters. The summed E-state index contributed by atoms with van der Waals surface area (Å²) in [5.41, 5.74) is 5.31. The summed E-state index contributed by atoms with van der Waals surface area (Å²) < 4.78 is 11.2. The molecule has 1 aromatic carbocycles. The van der Waals surface area contributed by atoms with Crippen molar-refractivity contribution in [2.75, 3.05) is 13.2 Å². The molecule has 0 bridgehead atoms. The Bertz CT molecular complexity index is 329. The molecular weight excluding hydrogens is 212 g/mol. The van der Waals surface area contributed by atoms with Crippen LogP contribution >= 0.6 is 0 Å². The average Bonchev–Trinajstić information content (AvgIpc) is 2.23. The van der Waals surface area contributed by atoms with Gasteiger partial charge >= 0.3 is 0 Å². The van der Waals surface area contributed by atoms with Crippen molar-refractivity contribution in [3.63, 3.8) is 0 Å². The molecule has 2 nitrogen and oxygen atoms in total. The molecule has 0 fully saturated rings. The molecular formula is C15H24O2. The van der Waals surface area contributed by atoms with E-state index >= 15 is 0 Å². The SMILES string of the molecule is CCOC(Cc1c(C)cc(C)cc1C)OCC. The quantitative estimate of drug-likeness (QED) is 0.703. The maximum absolute atomic E-state index is 5.60. The zero-order valence-corrected chi connectivity index (χ0v) is 11.7. The van der Waals surface area contributed by atoms with Crippen LogP contribution in [-0.4, -0.2) is 19.5 Å². The molecule has 0 N–H and O–H groups in total. The predicted molar refractivity (Wildman–Crippen MR) is 71.4 cm³/mol. The largest absolute Gasteiger partial charge is 0.353 e. The molecule has 0 aliphatic carbocycles. The standard InChI is InChI=1S/C15H24O2/c1-6-16-15(17-7-2)10-14-12(4)8-11(3)9-13(14)5/h8-9,15H,6-7,10H2,1-5H3. The zero-order chi connectivity index (χ0) is 12.8. The molecule has 0 radical (unpaired) electrons. The first-order valence-electron chi connectivity index (χ1n) is 6.38. The van der Waals surface area contributed by atoms with Crippen LogP contribution in [0.2, 0.25) is 0 Å². The maximum atomic E-state index is 5.60. The second kappa shape index (κ2) is 6.77. The van der Waals surface area contributed by atoms with Crippen molar-refractivity contribution in [3.8, 4) is 0 Å². The van der Waals surface area contributed by atoms with Crippen molar-refractivity contribution in [1.29, 1.82) is 0 Å². The van der Waals surface area contributed by atoms with Crippen molar-refractivity contribution >= 4 is 0 Å². The van der Waals surface area contributed by atoms with E-state index in [9.17, 15) is 0 Å². The Hall–Kier alpha value is -0.860. The minimum absolute atomic E-state index is 0.120. The van der Waals surface area contributed by atoms with Gasteiger partial charge in [-0.1, -0.05) is 17.7 Å². The molecule has 1 rings (SSSR count). The van der Waals surface area contributed by atoms with Crippen molar-refractivity contribution < 1.29 is 9.47 Å². The Kier molecular flexibility index (Phi) is 5.66. The second-order valence-corrected chi connectivity index (χ2v) is 4.42. The van der Waals surface area contributed by atoms with Gasteiger partial charge in [0.25, 0.3) is 0 Å². The van der Waals surface area contributed by atoms with E-state index in [1.165, 1.54) is 22.3 Å². The second-order valence-electron chi connectivity index (χ2n) is 4.42. The molecule has 0 saturated heterocycles. The van der Waals surface area contributed by atoms with Gasteiger partial charge < -0.3 is 9.47 Å². The third-order valence-electron chi connectivity index (χ3n) is 2.92. The van der Waals surface area contributed by atoms with Crippen LogP contribution in [0.1, 0.15) is 36.1 Å². The Morgan fingerprint density at radius 1 is 0.941 bits per heavy atom. The lowest BCUT2D eigenvalue weighted by molar-refractivity contribution is -0.134. The van der Waals surface area contributed by atoms with E-state index in [0.717, 1.165) is 6.42 Å². The molecule has 0 heterocycles. The van der Waals surface area contributed by atoms with Crippen LogP contribution in [-0.2, 0) is 15.9 Å². The topological polar surface area (TPSA) is 18.5 Å². The smallest absolute Gasteiger partial charge is 0.161 e. The molecule has 96 valence electrons. The molecule has 0 aliphatic rings. The lowest BCUT2D eigenvalue weighted by Crippen LogP contribution is -2.21. The minimum atomic E-state index is -0.120. The fraction of sp³-hybridized carbons (Fsp3) is 0.600. The summed E-state index contributed by atoms with van der Waals surface area (Å²) in [6.45, 7) is 11.8. The third-order valence-corrected chi connectivity index (χ3v) is 2.92. The lowest BCUT2D eigenvalue weighted by Gasteiger charge is -2.19. The van der Waals surface area contributed by atoms with Crippen molar-refractivity contribution in [2.24, 2.45) is 0 Å². The maximum Gasteiger partial charge on any atom is 0.161 e. The summed E-state index contributed by atoms with van der Waals surface area (Å²) in [5.74, 6) is 0. The highest BCUT2D eigenvalue weighted by atomic mass is 16.7. The third kappa shape index (κ3) is 4.14. The Morgan fingerprint density at radius 2 is 1.41 bits per heavy atom. The first-order chi connectivity index (χ1) is 8.08. The molecule has 1 aromatic rings. The summed E-state index contributed by atoms with van der Waals surface area (Å²) in [7, 11) is 0. The van der Waals surface area contributed by atoms with E-state index in [4.69, 9.17) is 9.47 Å². The van der Waals surface area contributed by atoms with E-state index in [1.807, 2.05) is 13.8 Å². The van der Waals surface area contributed by atoms with Gasteiger partial charge in [0.2, 0.25) is 0 Å². The molecule has 0 aromatic heterocycles. The van der Waals surface area contributed by atoms with Gasteiger partial charge in [0, 0.05) is 19.6 Å². The number of aryl methyl sites for hydroxylation is 3. The molecule has 17 heavy (non-hydrogen) atoms. The first-order valence-corrected chi connectivity index (χ1v) is 6.38.